The fourth-order valence-electron chi connectivity index (χ4n) is 3.16. The molecule has 0 aliphatic carbocycles. The lowest BCUT2D eigenvalue weighted by Crippen LogP contribution is -2.54. The van der Waals surface area contributed by atoms with Crippen molar-refractivity contribution >= 4 is 11.8 Å². The molecule has 1 aliphatic rings. The van der Waals surface area contributed by atoms with E-state index in [1.807, 2.05) is 26.8 Å². The van der Waals surface area contributed by atoms with Crippen LogP contribution < -0.4 is 0 Å². The van der Waals surface area contributed by atoms with Gasteiger partial charge in [0.1, 0.15) is 12.4 Å². The van der Waals surface area contributed by atoms with Crippen LogP contribution in [0.5, 0.6) is 0 Å². The van der Waals surface area contributed by atoms with E-state index in [1.54, 1.807) is 15.9 Å². The molecule has 0 saturated carbocycles. The topological polar surface area (TPSA) is 53.1 Å². The van der Waals surface area contributed by atoms with Gasteiger partial charge in [0.25, 0.3) is 0 Å². The van der Waals surface area contributed by atoms with Gasteiger partial charge in [-0.3, -0.25) is 14.5 Å². The van der Waals surface area contributed by atoms with Gasteiger partial charge in [0.2, 0.25) is 11.8 Å². The maximum absolute atomic E-state index is 13.5. The summed E-state index contributed by atoms with van der Waals surface area (Å²) in [6, 6.07) is 6.35. The lowest BCUT2D eigenvalue weighted by Gasteiger charge is -2.39. The minimum Gasteiger partial charge on any atom is -0.375 e. The van der Waals surface area contributed by atoms with Gasteiger partial charge in [-0.1, -0.05) is 12.1 Å². The van der Waals surface area contributed by atoms with E-state index in [1.165, 1.54) is 19.2 Å². The largest absolute Gasteiger partial charge is 0.375 e. The number of hydrogen-bond acceptors (Lipinski definition) is 4. The Labute approximate surface area is 160 Å². The number of piperazine rings is 1. The smallest absolute Gasteiger partial charge is 0.248 e. The van der Waals surface area contributed by atoms with Crippen molar-refractivity contribution in [2.45, 2.75) is 32.9 Å². The minimum absolute atomic E-state index is 0.00318. The molecule has 1 aromatic carbocycles. The number of carbonyl (C=O) groups is 2. The average molecular weight is 379 g/mol. The first-order valence-corrected chi connectivity index (χ1v) is 9.24. The van der Waals surface area contributed by atoms with Gasteiger partial charge < -0.3 is 14.5 Å². The van der Waals surface area contributed by atoms with Crippen LogP contribution in [-0.4, -0.2) is 78.5 Å². The maximum atomic E-state index is 13.5. The van der Waals surface area contributed by atoms with E-state index >= 15 is 0 Å². The molecule has 1 aliphatic heterocycles. The molecule has 0 unspecified atom stereocenters. The van der Waals surface area contributed by atoms with Crippen LogP contribution in [0.25, 0.3) is 0 Å². The highest BCUT2D eigenvalue weighted by Crippen LogP contribution is 2.19. The maximum Gasteiger partial charge on any atom is 0.248 e. The van der Waals surface area contributed by atoms with Crippen LogP contribution in [0.3, 0.4) is 0 Å². The van der Waals surface area contributed by atoms with Gasteiger partial charge in [0.15, 0.2) is 0 Å². The van der Waals surface area contributed by atoms with E-state index in [-0.39, 0.29) is 29.8 Å². The number of benzene rings is 1. The molecule has 1 saturated heterocycles. The van der Waals surface area contributed by atoms with Gasteiger partial charge in [-0.05, 0) is 38.5 Å². The van der Waals surface area contributed by atoms with E-state index in [2.05, 4.69) is 4.90 Å². The third-order valence-electron chi connectivity index (χ3n) is 4.69. The third kappa shape index (κ3) is 6.29. The molecule has 2 rings (SSSR count). The Balaban J connectivity index is 1.96. The van der Waals surface area contributed by atoms with Crippen LogP contribution in [0.2, 0.25) is 0 Å². The molecule has 1 aromatic rings. The first kappa shape index (κ1) is 21.3. The molecule has 7 heteroatoms. The summed E-state index contributed by atoms with van der Waals surface area (Å²) in [7, 11) is 1.51. The van der Waals surface area contributed by atoms with Crippen molar-refractivity contribution in [1.29, 1.82) is 0 Å². The summed E-state index contributed by atoms with van der Waals surface area (Å²) < 4.78 is 18.4. The second-order valence-corrected chi connectivity index (χ2v) is 7.87. The minimum atomic E-state index is -0.375. The zero-order valence-corrected chi connectivity index (χ0v) is 16.7. The summed E-state index contributed by atoms with van der Waals surface area (Å²) in [4.78, 5) is 30.4. The molecule has 27 heavy (non-hydrogen) atoms. The van der Waals surface area contributed by atoms with E-state index in [0.29, 0.717) is 39.3 Å². The molecule has 0 atom stereocenters. The summed E-state index contributed by atoms with van der Waals surface area (Å²) in [6.45, 7) is 9.17. The molecular formula is C20H30FN3O3. The number of ether oxygens (including phenoxy) is 1. The number of hydrogen-bond donors (Lipinski definition) is 0. The van der Waals surface area contributed by atoms with Crippen LogP contribution >= 0.6 is 0 Å². The van der Waals surface area contributed by atoms with Gasteiger partial charge >= 0.3 is 0 Å². The summed E-state index contributed by atoms with van der Waals surface area (Å²) in [5.74, 6) is -0.319. The zero-order chi connectivity index (χ0) is 20.0. The molecule has 1 fully saturated rings. The molecule has 2 amide bonds. The molecule has 150 valence electrons. The number of amides is 2. The lowest BCUT2D eigenvalue weighted by molar-refractivity contribution is -0.140. The van der Waals surface area contributed by atoms with Crippen molar-refractivity contribution in [3.8, 4) is 0 Å². The van der Waals surface area contributed by atoms with Crippen molar-refractivity contribution in [2.75, 3.05) is 46.4 Å². The molecule has 0 N–H and O–H groups in total. The Bertz CT molecular complexity index is 652. The summed E-state index contributed by atoms with van der Waals surface area (Å²) >= 11 is 0. The Kier molecular flexibility index (Phi) is 7.33. The van der Waals surface area contributed by atoms with Crippen molar-refractivity contribution in [2.24, 2.45) is 0 Å². The normalized spacial score (nSPS) is 15.7. The second kappa shape index (κ2) is 9.28. The Morgan fingerprint density at radius 3 is 2.41 bits per heavy atom. The molecule has 0 aromatic heterocycles. The Hall–Kier alpha value is -1.99. The SMILES string of the molecule is COCC(=O)N1CCN(CC(=O)N(Cc2cccc(F)c2)C(C)(C)C)CC1. The average Bonchev–Trinajstić information content (AvgIpc) is 2.59. The fourth-order valence-corrected chi connectivity index (χ4v) is 3.16. The predicted octanol–water partition coefficient (Wildman–Crippen LogP) is 1.74. The van der Waals surface area contributed by atoms with Crippen molar-refractivity contribution < 1.29 is 18.7 Å². The molecule has 6 nitrogen and oxygen atoms in total. The predicted molar refractivity (Wildman–Crippen MR) is 102 cm³/mol. The summed E-state index contributed by atoms with van der Waals surface area (Å²) in [5, 5.41) is 0. The quantitative estimate of drug-likeness (QED) is 0.756. The summed E-state index contributed by atoms with van der Waals surface area (Å²) in [5.41, 5.74) is 0.396. The van der Waals surface area contributed by atoms with Crippen LogP contribution in [0.4, 0.5) is 4.39 Å². The van der Waals surface area contributed by atoms with Gasteiger partial charge in [0.05, 0.1) is 6.54 Å². The summed E-state index contributed by atoms with van der Waals surface area (Å²) in [6.07, 6.45) is 0. The van der Waals surface area contributed by atoms with Crippen LogP contribution in [0.1, 0.15) is 26.3 Å². The molecule has 0 radical (unpaired) electrons. The molecule has 1 heterocycles. The highest BCUT2D eigenvalue weighted by atomic mass is 19.1. The molecule has 0 bridgehead atoms. The second-order valence-electron chi connectivity index (χ2n) is 7.87. The van der Waals surface area contributed by atoms with Crippen molar-refractivity contribution in [1.82, 2.24) is 14.7 Å². The van der Waals surface area contributed by atoms with Crippen molar-refractivity contribution in [3.05, 3.63) is 35.6 Å². The van der Waals surface area contributed by atoms with E-state index in [4.69, 9.17) is 4.74 Å². The van der Waals surface area contributed by atoms with Crippen LogP contribution in [0.15, 0.2) is 24.3 Å². The van der Waals surface area contributed by atoms with E-state index < -0.39 is 0 Å². The number of methoxy groups -OCH3 is 1. The van der Waals surface area contributed by atoms with E-state index in [0.717, 1.165) is 5.56 Å². The van der Waals surface area contributed by atoms with Gasteiger partial charge in [-0.2, -0.15) is 0 Å². The Morgan fingerprint density at radius 1 is 1.19 bits per heavy atom. The first-order chi connectivity index (χ1) is 12.7. The van der Waals surface area contributed by atoms with Gasteiger partial charge in [0, 0.05) is 45.4 Å². The third-order valence-corrected chi connectivity index (χ3v) is 4.69. The number of carbonyl (C=O) groups excluding carboxylic acids is 2. The number of nitrogens with zero attached hydrogens (tertiary/aromatic N) is 3. The van der Waals surface area contributed by atoms with Gasteiger partial charge in [-0.25, -0.2) is 4.39 Å². The van der Waals surface area contributed by atoms with E-state index in [9.17, 15) is 14.0 Å². The molecular weight excluding hydrogens is 349 g/mol. The highest BCUT2D eigenvalue weighted by Gasteiger charge is 2.29. The van der Waals surface area contributed by atoms with Crippen LogP contribution in [-0.2, 0) is 20.9 Å². The number of halogens is 1. The fraction of sp³-hybridized carbons (Fsp3) is 0.600. The standard InChI is InChI=1S/C20H30FN3O3/c1-20(2,3)24(13-16-6-5-7-17(21)12-16)18(25)14-22-8-10-23(11-9-22)19(26)15-27-4/h5-7,12H,8-11,13-15H2,1-4H3. The Morgan fingerprint density at radius 2 is 1.85 bits per heavy atom. The highest BCUT2D eigenvalue weighted by molar-refractivity contribution is 5.79. The molecule has 0 spiro atoms. The lowest BCUT2D eigenvalue weighted by atomic mass is 10.0. The first-order valence-electron chi connectivity index (χ1n) is 9.24. The zero-order valence-electron chi connectivity index (χ0n) is 16.7. The number of rotatable bonds is 6. The van der Waals surface area contributed by atoms with Crippen LogP contribution in [0, 0.1) is 5.82 Å². The monoisotopic (exact) mass is 379 g/mol. The van der Waals surface area contributed by atoms with Crippen molar-refractivity contribution in [3.63, 3.8) is 0 Å². The van der Waals surface area contributed by atoms with Gasteiger partial charge in [-0.15, -0.1) is 0 Å².